The molecule has 0 aromatic heterocycles. The molecule has 2 aliphatic heterocycles. The average molecular weight is 539 g/mol. The second kappa shape index (κ2) is 11.7. The molecule has 1 unspecified atom stereocenters. The first kappa shape index (κ1) is 27.1. The van der Waals surface area contributed by atoms with Gasteiger partial charge < -0.3 is 39.7 Å². The van der Waals surface area contributed by atoms with Crippen LogP contribution in [0.2, 0.25) is 0 Å². The summed E-state index contributed by atoms with van der Waals surface area (Å²) in [7, 11) is 1.48. The Labute approximate surface area is 226 Å². The van der Waals surface area contributed by atoms with Crippen molar-refractivity contribution in [2.45, 2.75) is 43.7 Å². The molecule has 1 aliphatic carbocycles. The third-order valence-corrected chi connectivity index (χ3v) is 7.61. The Hall–Kier alpha value is -3.44. The van der Waals surface area contributed by atoms with E-state index in [1.807, 2.05) is 30.3 Å². The predicted molar refractivity (Wildman–Crippen MR) is 140 cm³/mol. The number of hydrogen-bond donors (Lipinski definition) is 4. The summed E-state index contributed by atoms with van der Waals surface area (Å²) in [5.41, 5.74) is 2.37. The number of nitrogens with one attached hydrogen (secondary N) is 1. The zero-order chi connectivity index (χ0) is 27.5. The van der Waals surface area contributed by atoms with Crippen LogP contribution in [0.25, 0.3) is 0 Å². The van der Waals surface area contributed by atoms with E-state index in [4.69, 9.17) is 14.2 Å². The fourth-order valence-electron chi connectivity index (χ4n) is 5.69. The molecule has 1 saturated heterocycles. The molecule has 2 amide bonds. The number of methoxy groups -OCH3 is 1. The van der Waals surface area contributed by atoms with Crippen LogP contribution in [0.1, 0.15) is 29.0 Å². The summed E-state index contributed by atoms with van der Waals surface area (Å²) < 4.78 is 17.3. The van der Waals surface area contributed by atoms with E-state index in [0.717, 1.165) is 5.56 Å². The lowest BCUT2D eigenvalue weighted by molar-refractivity contribution is -0.142. The quantitative estimate of drug-likeness (QED) is 0.369. The Balaban J connectivity index is 1.59. The second-order valence-electron chi connectivity index (χ2n) is 10.0. The molecular formula is C29H34N2O8. The van der Waals surface area contributed by atoms with E-state index in [1.54, 1.807) is 23.1 Å². The highest BCUT2D eigenvalue weighted by Gasteiger charge is 2.52. The van der Waals surface area contributed by atoms with E-state index in [-0.39, 0.29) is 38.1 Å². The van der Waals surface area contributed by atoms with Crippen LogP contribution in [0.5, 0.6) is 11.5 Å². The van der Waals surface area contributed by atoms with Gasteiger partial charge >= 0.3 is 0 Å². The first-order valence-electron chi connectivity index (χ1n) is 13.2. The number of amides is 2. The summed E-state index contributed by atoms with van der Waals surface area (Å²) in [5.74, 6) is -0.861. The Morgan fingerprint density at radius 1 is 1.15 bits per heavy atom. The third kappa shape index (κ3) is 5.25. The molecule has 39 heavy (non-hydrogen) atoms. The van der Waals surface area contributed by atoms with Crippen molar-refractivity contribution < 1.29 is 39.1 Å². The molecule has 10 heteroatoms. The molecule has 2 heterocycles. The van der Waals surface area contributed by atoms with Gasteiger partial charge in [0.1, 0.15) is 12.2 Å². The van der Waals surface area contributed by atoms with Gasteiger partial charge in [-0.1, -0.05) is 30.3 Å². The first-order valence-corrected chi connectivity index (χ1v) is 13.2. The van der Waals surface area contributed by atoms with Crippen molar-refractivity contribution in [3.05, 3.63) is 70.8 Å². The van der Waals surface area contributed by atoms with E-state index < -0.39 is 30.1 Å². The average Bonchev–Trinajstić information content (AvgIpc) is 3.64. The maximum Gasteiger partial charge on any atom is 0.247 e. The summed E-state index contributed by atoms with van der Waals surface area (Å²) in [4.78, 5) is 28.9. The van der Waals surface area contributed by atoms with Gasteiger partial charge in [0.15, 0.2) is 11.5 Å². The Morgan fingerprint density at radius 3 is 2.62 bits per heavy atom. The van der Waals surface area contributed by atoms with Crippen molar-refractivity contribution in [1.29, 1.82) is 0 Å². The summed E-state index contributed by atoms with van der Waals surface area (Å²) in [6.45, 7) is 0.571. The van der Waals surface area contributed by atoms with Crippen LogP contribution in [0.3, 0.4) is 0 Å². The number of rotatable bonds is 9. The molecule has 4 N–H and O–H groups in total. The minimum absolute atomic E-state index is 0.0422. The lowest BCUT2D eigenvalue weighted by Crippen LogP contribution is -2.56. The van der Waals surface area contributed by atoms with E-state index >= 15 is 0 Å². The number of carbonyl (C=O) groups excluding carboxylic acids is 2. The lowest BCUT2D eigenvalue weighted by atomic mass is 9.77. The van der Waals surface area contributed by atoms with E-state index in [2.05, 4.69) is 5.32 Å². The normalized spacial score (nSPS) is 25.2. The van der Waals surface area contributed by atoms with Gasteiger partial charge in [-0.15, -0.1) is 0 Å². The predicted octanol–water partition coefficient (Wildman–Crippen LogP) is 0.875. The van der Waals surface area contributed by atoms with E-state index in [9.17, 15) is 24.9 Å². The highest BCUT2D eigenvalue weighted by Crippen LogP contribution is 2.51. The van der Waals surface area contributed by atoms with Gasteiger partial charge in [0.2, 0.25) is 11.8 Å². The summed E-state index contributed by atoms with van der Waals surface area (Å²) in [5, 5.41) is 33.6. The van der Waals surface area contributed by atoms with E-state index in [1.165, 1.54) is 7.11 Å². The molecule has 0 radical (unpaired) electrons. The van der Waals surface area contributed by atoms with Crippen molar-refractivity contribution in [3.8, 4) is 11.5 Å². The monoisotopic (exact) mass is 538 g/mol. The number of hydrogen-bond acceptors (Lipinski definition) is 8. The van der Waals surface area contributed by atoms with Crippen molar-refractivity contribution in [2.24, 2.45) is 5.92 Å². The van der Waals surface area contributed by atoms with Crippen LogP contribution in [0.15, 0.2) is 54.1 Å². The van der Waals surface area contributed by atoms with Crippen LogP contribution in [-0.4, -0.2) is 83.8 Å². The molecule has 2 aromatic rings. The standard InChI is InChI=1S/C29H34N2O8/c1-37-23-12-18(15-33)11-20-24-21(28(35)30-8-9-32)13-22(25(34)27(24)39-26(20)23)31(14-17-5-3-2-4-6-17)29(36)19-7-10-38-16-19/h2-6,11-13,19,22,24-25,27,32-34H,7-10,14-16H2,1H3,(H,30,35)/t19?,22-,24+,25+,27+/m1/s1. The fraction of sp³-hybridized carbons (Fsp3) is 0.448. The molecule has 5 rings (SSSR count). The Kier molecular flexibility index (Phi) is 8.18. The van der Waals surface area contributed by atoms with Crippen molar-refractivity contribution >= 4 is 11.8 Å². The number of carbonyl (C=O) groups is 2. The third-order valence-electron chi connectivity index (χ3n) is 7.61. The number of ether oxygens (including phenoxy) is 3. The van der Waals surface area contributed by atoms with E-state index in [0.29, 0.717) is 47.8 Å². The van der Waals surface area contributed by atoms with Crippen LogP contribution in [-0.2, 0) is 27.5 Å². The van der Waals surface area contributed by atoms with Crippen molar-refractivity contribution in [3.63, 3.8) is 0 Å². The maximum atomic E-state index is 13.8. The van der Waals surface area contributed by atoms with Gasteiger partial charge in [0.25, 0.3) is 0 Å². The molecular weight excluding hydrogens is 504 g/mol. The second-order valence-corrected chi connectivity index (χ2v) is 10.0. The summed E-state index contributed by atoms with van der Waals surface area (Å²) in [6.07, 6.45) is 0.161. The maximum absolute atomic E-state index is 13.8. The fourth-order valence-corrected chi connectivity index (χ4v) is 5.69. The van der Waals surface area contributed by atoms with Crippen LogP contribution in [0, 0.1) is 5.92 Å². The van der Waals surface area contributed by atoms with Gasteiger partial charge in [-0.05, 0) is 35.8 Å². The number of aliphatic hydroxyl groups is 3. The molecule has 2 aromatic carbocycles. The molecule has 10 nitrogen and oxygen atoms in total. The molecule has 0 saturated carbocycles. The summed E-state index contributed by atoms with van der Waals surface area (Å²) >= 11 is 0. The molecule has 3 aliphatic rings. The number of fused-ring (bicyclic) bond motifs is 3. The smallest absolute Gasteiger partial charge is 0.247 e. The number of benzene rings is 2. The molecule has 1 fully saturated rings. The molecule has 208 valence electrons. The van der Waals surface area contributed by atoms with Crippen LogP contribution >= 0.6 is 0 Å². The molecule has 0 spiro atoms. The van der Waals surface area contributed by atoms with Crippen LogP contribution in [0.4, 0.5) is 0 Å². The zero-order valence-electron chi connectivity index (χ0n) is 21.8. The minimum Gasteiger partial charge on any atom is -0.493 e. The largest absolute Gasteiger partial charge is 0.493 e. The van der Waals surface area contributed by atoms with Crippen molar-refractivity contribution in [2.75, 3.05) is 33.5 Å². The zero-order valence-corrected chi connectivity index (χ0v) is 21.8. The Bertz CT molecular complexity index is 1230. The molecule has 5 atom stereocenters. The van der Waals surface area contributed by atoms with Gasteiger partial charge in [-0.25, -0.2) is 0 Å². The minimum atomic E-state index is -1.17. The highest BCUT2D eigenvalue weighted by molar-refractivity contribution is 5.96. The highest BCUT2D eigenvalue weighted by atomic mass is 16.5. The van der Waals surface area contributed by atoms with Crippen LogP contribution < -0.4 is 14.8 Å². The lowest BCUT2D eigenvalue weighted by Gasteiger charge is -2.41. The number of nitrogens with zero attached hydrogens (tertiary/aromatic N) is 1. The van der Waals surface area contributed by atoms with Gasteiger partial charge in [-0.3, -0.25) is 9.59 Å². The van der Waals surface area contributed by atoms with Gasteiger partial charge in [0, 0.05) is 30.8 Å². The molecule has 0 bridgehead atoms. The SMILES string of the molecule is COc1cc(CO)cc2c1O[C@@H]1[C@@H](O)[C@H](N(Cc3ccccc3)C(=O)C3CCOC3)C=C(C(=O)NCCO)[C@H]21. The van der Waals surface area contributed by atoms with Crippen molar-refractivity contribution in [1.82, 2.24) is 10.2 Å². The first-order chi connectivity index (χ1) is 19.0. The van der Waals surface area contributed by atoms with Gasteiger partial charge in [-0.2, -0.15) is 0 Å². The topological polar surface area (TPSA) is 138 Å². The number of aliphatic hydroxyl groups excluding tert-OH is 3. The summed E-state index contributed by atoms with van der Waals surface area (Å²) in [6, 6.07) is 12.0. The Morgan fingerprint density at radius 2 is 1.95 bits per heavy atom. The van der Waals surface area contributed by atoms with Gasteiger partial charge in [0.05, 0.1) is 44.8 Å².